The van der Waals surface area contributed by atoms with E-state index >= 15 is 0 Å². The van der Waals surface area contributed by atoms with E-state index in [1.54, 1.807) is 0 Å². The summed E-state index contributed by atoms with van der Waals surface area (Å²) in [6.45, 7) is 3.96. The van der Waals surface area contributed by atoms with Crippen molar-refractivity contribution in [1.29, 1.82) is 0 Å². The van der Waals surface area contributed by atoms with E-state index < -0.39 is 12.0 Å². The van der Waals surface area contributed by atoms with Gasteiger partial charge in [-0.05, 0) is 19.3 Å². The van der Waals surface area contributed by atoms with Gasteiger partial charge in [0.05, 0.1) is 0 Å². The van der Waals surface area contributed by atoms with Gasteiger partial charge in [0, 0.05) is 19.9 Å². The lowest BCUT2D eigenvalue weighted by molar-refractivity contribution is -0.142. The van der Waals surface area contributed by atoms with Gasteiger partial charge in [-0.15, -0.1) is 0 Å². The molecular formula is C13H24N2O4. The van der Waals surface area contributed by atoms with Crippen LogP contribution >= 0.6 is 0 Å². The van der Waals surface area contributed by atoms with Crippen molar-refractivity contribution in [2.24, 2.45) is 0 Å². The highest BCUT2D eigenvalue weighted by atomic mass is 16.4. The minimum atomic E-state index is -0.985. The molecule has 0 aliphatic carbocycles. The van der Waals surface area contributed by atoms with Crippen LogP contribution in [0.2, 0.25) is 0 Å². The van der Waals surface area contributed by atoms with Crippen LogP contribution in [-0.4, -0.2) is 35.5 Å². The number of hydrogen-bond donors (Lipinski definition) is 3. The van der Waals surface area contributed by atoms with E-state index in [1.807, 2.05) is 6.92 Å². The summed E-state index contributed by atoms with van der Waals surface area (Å²) in [7, 11) is 0. The van der Waals surface area contributed by atoms with Gasteiger partial charge in [-0.2, -0.15) is 0 Å². The summed E-state index contributed by atoms with van der Waals surface area (Å²) in [6, 6.07) is -0.781. The quantitative estimate of drug-likeness (QED) is 0.518. The first-order valence-electron chi connectivity index (χ1n) is 6.74. The molecule has 110 valence electrons. The SMILES string of the molecule is CCC[C@@H](NC(=O)CCCCCNC(C)=O)C(=O)O. The highest BCUT2D eigenvalue weighted by molar-refractivity contribution is 5.83. The number of carboxylic acid groups (broad SMARTS) is 1. The number of hydrogen-bond acceptors (Lipinski definition) is 3. The van der Waals surface area contributed by atoms with Crippen LogP contribution < -0.4 is 10.6 Å². The number of carbonyl (C=O) groups is 3. The highest BCUT2D eigenvalue weighted by Crippen LogP contribution is 2.02. The monoisotopic (exact) mass is 272 g/mol. The molecule has 6 heteroatoms. The molecule has 0 spiro atoms. The Kier molecular flexibility index (Phi) is 9.48. The number of unbranched alkanes of at least 4 members (excludes halogenated alkanes) is 2. The van der Waals surface area contributed by atoms with Crippen molar-refractivity contribution in [3.05, 3.63) is 0 Å². The molecule has 0 heterocycles. The predicted octanol–water partition coefficient (Wildman–Crippen LogP) is 1.05. The molecule has 0 aromatic heterocycles. The number of amides is 2. The summed E-state index contributed by atoms with van der Waals surface area (Å²) in [6.07, 6.45) is 3.85. The summed E-state index contributed by atoms with van der Waals surface area (Å²) in [5, 5.41) is 14.1. The van der Waals surface area contributed by atoms with Gasteiger partial charge in [0.25, 0.3) is 0 Å². The smallest absolute Gasteiger partial charge is 0.326 e. The van der Waals surface area contributed by atoms with Crippen LogP contribution in [-0.2, 0) is 14.4 Å². The molecule has 2 amide bonds. The Balaban J connectivity index is 3.68. The zero-order valence-electron chi connectivity index (χ0n) is 11.7. The molecule has 0 saturated carbocycles. The summed E-state index contributed by atoms with van der Waals surface area (Å²) < 4.78 is 0. The van der Waals surface area contributed by atoms with Gasteiger partial charge in [0.15, 0.2) is 0 Å². The third-order valence-corrected chi connectivity index (χ3v) is 2.67. The molecule has 0 unspecified atom stereocenters. The zero-order valence-corrected chi connectivity index (χ0v) is 11.7. The van der Waals surface area contributed by atoms with Crippen LogP contribution in [0.25, 0.3) is 0 Å². The van der Waals surface area contributed by atoms with Crippen LogP contribution in [0.15, 0.2) is 0 Å². The van der Waals surface area contributed by atoms with Gasteiger partial charge in [-0.1, -0.05) is 19.8 Å². The fourth-order valence-electron chi connectivity index (χ4n) is 1.66. The summed E-state index contributed by atoms with van der Waals surface area (Å²) in [5.41, 5.74) is 0. The van der Waals surface area contributed by atoms with Gasteiger partial charge < -0.3 is 15.7 Å². The molecule has 6 nitrogen and oxygen atoms in total. The maximum absolute atomic E-state index is 11.5. The maximum atomic E-state index is 11.5. The first-order chi connectivity index (χ1) is 8.97. The van der Waals surface area contributed by atoms with Crippen LogP contribution in [0.1, 0.15) is 52.4 Å². The number of nitrogens with one attached hydrogen (secondary N) is 2. The Bertz CT molecular complexity index is 305. The van der Waals surface area contributed by atoms with Crippen molar-refractivity contribution >= 4 is 17.8 Å². The fraction of sp³-hybridized carbons (Fsp3) is 0.769. The molecule has 0 aromatic rings. The largest absolute Gasteiger partial charge is 0.480 e. The van der Waals surface area contributed by atoms with Gasteiger partial charge in [0.1, 0.15) is 6.04 Å². The van der Waals surface area contributed by atoms with Gasteiger partial charge in [0.2, 0.25) is 11.8 Å². The van der Waals surface area contributed by atoms with Gasteiger partial charge in [-0.3, -0.25) is 9.59 Å². The number of aliphatic carboxylic acids is 1. The predicted molar refractivity (Wildman–Crippen MR) is 71.6 cm³/mol. The van der Waals surface area contributed by atoms with Crippen molar-refractivity contribution < 1.29 is 19.5 Å². The zero-order chi connectivity index (χ0) is 14.7. The lowest BCUT2D eigenvalue weighted by Crippen LogP contribution is -2.40. The Morgan fingerprint density at radius 3 is 2.37 bits per heavy atom. The molecule has 3 N–H and O–H groups in total. The van der Waals surface area contributed by atoms with Crippen LogP contribution in [0.5, 0.6) is 0 Å². The molecule has 0 bridgehead atoms. The third kappa shape index (κ3) is 10.1. The molecule has 0 fully saturated rings. The summed E-state index contributed by atoms with van der Waals surface area (Å²) in [5.74, 6) is -1.26. The minimum Gasteiger partial charge on any atom is -0.480 e. The van der Waals surface area contributed by atoms with Crippen LogP contribution in [0.4, 0.5) is 0 Å². The first kappa shape index (κ1) is 17.4. The molecule has 0 aliphatic heterocycles. The Labute approximate surface area is 113 Å². The Morgan fingerprint density at radius 1 is 1.16 bits per heavy atom. The van der Waals surface area contributed by atoms with Crippen LogP contribution in [0.3, 0.4) is 0 Å². The van der Waals surface area contributed by atoms with E-state index in [9.17, 15) is 14.4 Å². The normalized spacial score (nSPS) is 11.7. The average molecular weight is 272 g/mol. The van der Waals surface area contributed by atoms with E-state index in [4.69, 9.17) is 5.11 Å². The second kappa shape index (κ2) is 10.3. The second-order valence-corrected chi connectivity index (χ2v) is 4.54. The van der Waals surface area contributed by atoms with E-state index in [2.05, 4.69) is 10.6 Å². The third-order valence-electron chi connectivity index (χ3n) is 2.67. The first-order valence-corrected chi connectivity index (χ1v) is 6.74. The van der Waals surface area contributed by atoms with E-state index in [1.165, 1.54) is 6.92 Å². The van der Waals surface area contributed by atoms with E-state index in [0.29, 0.717) is 32.2 Å². The summed E-state index contributed by atoms with van der Waals surface area (Å²) in [4.78, 5) is 33.0. The second-order valence-electron chi connectivity index (χ2n) is 4.54. The molecule has 0 aromatic carbocycles. The number of carbonyl (C=O) groups excluding carboxylic acids is 2. The van der Waals surface area contributed by atoms with Crippen molar-refractivity contribution in [2.75, 3.05) is 6.54 Å². The Hall–Kier alpha value is -1.59. The van der Waals surface area contributed by atoms with Crippen LogP contribution in [0, 0.1) is 0 Å². The number of rotatable bonds is 10. The standard InChI is InChI=1S/C13H24N2O4/c1-3-7-11(13(18)19)15-12(17)8-5-4-6-9-14-10(2)16/h11H,3-9H2,1-2H3,(H,14,16)(H,15,17)(H,18,19)/t11-/m1/s1. The molecule has 0 saturated heterocycles. The average Bonchev–Trinajstić information content (AvgIpc) is 2.32. The van der Waals surface area contributed by atoms with Crippen molar-refractivity contribution in [3.63, 3.8) is 0 Å². The van der Waals surface area contributed by atoms with Crippen molar-refractivity contribution in [1.82, 2.24) is 10.6 Å². The molecule has 19 heavy (non-hydrogen) atoms. The fourth-order valence-corrected chi connectivity index (χ4v) is 1.66. The minimum absolute atomic E-state index is 0.0541. The van der Waals surface area contributed by atoms with E-state index in [0.717, 1.165) is 12.8 Å². The highest BCUT2D eigenvalue weighted by Gasteiger charge is 2.18. The molecule has 0 rings (SSSR count). The van der Waals surface area contributed by atoms with Crippen molar-refractivity contribution in [2.45, 2.75) is 58.4 Å². The number of carboxylic acids is 1. The van der Waals surface area contributed by atoms with Crippen molar-refractivity contribution in [3.8, 4) is 0 Å². The lowest BCUT2D eigenvalue weighted by Gasteiger charge is -2.13. The molecule has 0 radical (unpaired) electrons. The maximum Gasteiger partial charge on any atom is 0.326 e. The molecule has 1 atom stereocenters. The van der Waals surface area contributed by atoms with Gasteiger partial charge in [-0.25, -0.2) is 4.79 Å². The molecular weight excluding hydrogens is 248 g/mol. The lowest BCUT2D eigenvalue weighted by atomic mass is 10.1. The van der Waals surface area contributed by atoms with E-state index in [-0.39, 0.29) is 11.8 Å². The van der Waals surface area contributed by atoms with Gasteiger partial charge >= 0.3 is 5.97 Å². The summed E-state index contributed by atoms with van der Waals surface area (Å²) >= 11 is 0. The Morgan fingerprint density at radius 2 is 1.84 bits per heavy atom. The molecule has 0 aliphatic rings. The topological polar surface area (TPSA) is 95.5 Å².